The molecule has 1 rings (SSSR count). The molecule has 1 unspecified atom stereocenters. The number of carbonyl (C=O) groups excluding carboxylic acids is 2. The van der Waals surface area contributed by atoms with Gasteiger partial charge in [0.1, 0.15) is 0 Å². The lowest BCUT2D eigenvalue weighted by molar-refractivity contribution is -0.129. The van der Waals surface area contributed by atoms with Gasteiger partial charge in [-0.25, -0.2) is 0 Å². The molecule has 1 atom stereocenters. The predicted octanol–water partition coefficient (Wildman–Crippen LogP) is 5.06. The zero-order chi connectivity index (χ0) is 19.0. The van der Waals surface area contributed by atoms with E-state index in [1.807, 2.05) is 4.90 Å². The molecule has 0 aliphatic carbocycles. The van der Waals surface area contributed by atoms with Crippen LogP contribution < -0.4 is 5.32 Å². The lowest BCUT2D eigenvalue weighted by Crippen LogP contribution is -2.33. The maximum absolute atomic E-state index is 12.2. The van der Waals surface area contributed by atoms with Gasteiger partial charge in [-0.05, 0) is 12.8 Å². The average molecular weight is 367 g/mol. The number of rotatable bonds is 16. The number of hydrogen-bond donors (Lipinski definition) is 1. The van der Waals surface area contributed by atoms with E-state index in [1.54, 1.807) is 0 Å². The van der Waals surface area contributed by atoms with E-state index in [0.29, 0.717) is 13.0 Å². The standard InChI is InChI=1S/C22H42N2O2/c1-3-5-7-8-9-10-11-12-13-15-17-24-19-20(18-21(24)25)22(26)23-16-14-6-4-2/h20H,3-19H2,1-2H3,(H,23,26). The molecule has 0 saturated carbocycles. The van der Waals surface area contributed by atoms with Crippen molar-refractivity contribution < 1.29 is 9.59 Å². The molecule has 0 aromatic rings. The van der Waals surface area contributed by atoms with Crippen molar-refractivity contribution in [3.63, 3.8) is 0 Å². The van der Waals surface area contributed by atoms with E-state index < -0.39 is 0 Å². The normalized spacial score (nSPS) is 17.1. The summed E-state index contributed by atoms with van der Waals surface area (Å²) in [6.45, 7) is 6.61. The van der Waals surface area contributed by atoms with Crippen LogP contribution in [0.25, 0.3) is 0 Å². The van der Waals surface area contributed by atoms with Gasteiger partial charge in [0.15, 0.2) is 0 Å². The minimum absolute atomic E-state index is 0.0695. The van der Waals surface area contributed by atoms with Crippen molar-refractivity contribution in [2.45, 2.75) is 104 Å². The minimum atomic E-state index is -0.132. The van der Waals surface area contributed by atoms with Gasteiger partial charge in [0, 0.05) is 26.1 Å². The van der Waals surface area contributed by atoms with Crippen molar-refractivity contribution in [2.24, 2.45) is 5.92 Å². The van der Waals surface area contributed by atoms with Crippen LogP contribution in [-0.2, 0) is 9.59 Å². The van der Waals surface area contributed by atoms with Crippen molar-refractivity contribution >= 4 is 11.8 Å². The first-order valence-corrected chi connectivity index (χ1v) is 11.2. The molecule has 4 nitrogen and oxygen atoms in total. The van der Waals surface area contributed by atoms with Gasteiger partial charge in [0.05, 0.1) is 5.92 Å². The predicted molar refractivity (Wildman–Crippen MR) is 109 cm³/mol. The van der Waals surface area contributed by atoms with E-state index in [9.17, 15) is 9.59 Å². The Bertz CT molecular complexity index is 384. The molecule has 0 radical (unpaired) electrons. The van der Waals surface area contributed by atoms with E-state index in [-0.39, 0.29) is 17.7 Å². The van der Waals surface area contributed by atoms with Crippen LogP contribution in [0, 0.1) is 5.92 Å². The van der Waals surface area contributed by atoms with Gasteiger partial charge in [0.25, 0.3) is 0 Å². The van der Waals surface area contributed by atoms with Gasteiger partial charge in [-0.1, -0.05) is 84.5 Å². The summed E-state index contributed by atoms with van der Waals surface area (Å²) in [5.41, 5.74) is 0. The molecular formula is C22H42N2O2. The van der Waals surface area contributed by atoms with E-state index in [0.717, 1.165) is 38.8 Å². The first kappa shape index (κ1) is 23.0. The third kappa shape index (κ3) is 10.2. The molecule has 0 aromatic carbocycles. The van der Waals surface area contributed by atoms with Crippen LogP contribution in [0.3, 0.4) is 0 Å². The van der Waals surface area contributed by atoms with Crippen molar-refractivity contribution in [1.82, 2.24) is 10.2 Å². The van der Waals surface area contributed by atoms with Gasteiger partial charge in [-0.3, -0.25) is 9.59 Å². The quantitative estimate of drug-likeness (QED) is 0.388. The molecule has 1 saturated heterocycles. The molecule has 0 spiro atoms. The lowest BCUT2D eigenvalue weighted by atomic mass is 10.1. The Labute approximate surface area is 161 Å². The summed E-state index contributed by atoms with van der Waals surface area (Å²) in [7, 11) is 0. The Kier molecular flexibility index (Phi) is 13.3. The van der Waals surface area contributed by atoms with Crippen LogP contribution >= 0.6 is 0 Å². The highest BCUT2D eigenvalue weighted by Crippen LogP contribution is 2.19. The summed E-state index contributed by atoms with van der Waals surface area (Å²) in [6, 6.07) is 0. The second-order valence-electron chi connectivity index (χ2n) is 7.92. The summed E-state index contributed by atoms with van der Waals surface area (Å²) in [4.78, 5) is 26.2. The third-order valence-corrected chi connectivity index (χ3v) is 5.45. The summed E-state index contributed by atoms with van der Waals surface area (Å²) in [5, 5.41) is 2.99. The molecule has 26 heavy (non-hydrogen) atoms. The van der Waals surface area contributed by atoms with Gasteiger partial charge < -0.3 is 10.2 Å². The first-order valence-electron chi connectivity index (χ1n) is 11.2. The number of carbonyl (C=O) groups is 2. The molecule has 1 aliphatic heterocycles. The van der Waals surface area contributed by atoms with Crippen molar-refractivity contribution in [3.05, 3.63) is 0 Å². The number of amides is 2. The second kappa shape index (κ2) is 15.0. The van der Waals surface area contributed by atoms with Gasteiger partial charge in [0.2, 0.25) is 11.8 Å². The SMILES string of the molecule is CCCCCCCCCCCCN1CC(C(=O)NCCCCC)CC1=O. The maximum atomic E-state index is 12.2. The minimum Gasteiger partial charge on any atom is -0.356 e. The highest BCUT2D eigenvalue weighted by molar-refractivity contribution is 5.89. The van der Waals surface area contributed by atoms with Crippen molar-refractivity contribution in [2.75, 3.05) is 19.6 Å². The first-order chi connectivity index (χ1) is 12.7. The monoisotopic (exact) mass is 366 g/mol. The van der Waals surface area contributed by atoms with Crippen LogP contribution in [0.15, 0.2) is 0 Å². The number of hydrogen-bond acceptors (Lipinski definition) is 2. The zero-order valence-electron chi connectivity index (χ0n) is 17.4. The van der Waals surface area contributed by atoms with Crippen LogP contribution in [0.1, 0.15) is 104 Å². The molecule has 1 N–H and O–H groups in total. The molecule has 152 valence electrons. The number of nitrogens with zero attached hydrogens (tertiary/aromatic N) is 1. The molecule has 1 fully saturated rings. The topological polar surface area (TPSA) is 49.4 Å². The van der Waals surface area contributed by atoms with Crippen molar-refractivity contribution in [3.8, 4) is 0 Å². The summed E-state index contributed by atoms with van der Waals surface area (Å²) in [6.07, 6.45) is 16.8. The van der Waals surface area contributed by atoms with E-state index in [1.165, 1.54) is 57.8 Å². The molecule has 0 bridgehead atoms. The number of unbranched alkanes of at least 4 members (excludes halogenated alkanes) is 11. The number of likely N-dealkylation sites (tertiary alicyclic amines) is 1. The van der Waals surface area contributed by atoms with Crippen LogP contribution in [-0.4, -0.2) is 36.3 Å². The van der Waals surface area contributed by atoms with Crippen LogP contribution in [0.2, 0.25) is 0 Å². The molecular weight excluding hydrogens is 324 g/mol. The van der Waals surface area contributed by atoms with Crippen LogP contribution in [0.5, 0.6) is 0 Å². The second-order valence-corrected chi connectivity index (χ2v) is 7.92. The Morgan fingerprint density at radius 2 is 1.42 bits per heavy atom. The van der Waals surface area contributed by atoms with E-state index >= 15 is 0 Å². The van der Waals surface area contributed by atoms with Crippen LogP contribution in [0.4, 0.5) is 0 Å². The molecule has 1 heterocycles. The Morgan fingerprint density at radius 1 is 0.885 bits per heavy atom. The lowest BCUT2D eigenvalue weighted by Gasteiger charge is -2.16. The Hall–Kier alpha value is -1.06. The molecule has 2 amide bonds. The molecule has 1 aliphatic rings. The Morgan fingerprint density at radius 3 is 2.04 bits per heavy atom. The zero-order valence-corrected chi connectivity index (χ0v) is 17.4. The fraction of sp³-hybridized carbons (Fsp3) is 0.909. The average Bonchev–Trinajstić information content (AvgIpc) is 3.01. The van der Waals surface area contributed by atoms with Gasteiger partial charge in [-0.15, -0.1) is 0 Å². The van der Waals surface area contributed by atoms with E-state index in [4.69, 9.17) is 0 Å². The largest absolute Gasteiger partial charge is 0.356 e. The van der Waals surface area contributed by atoms with Crippen molar-refractivity contribution in [1.29, 1.82) is 0 Å². The summed E-state index contributed by atoms with van der Waals surface area (Å²) in [5.74, 6) is 0.0990. The smallest absolute Gasteiger partial charge is 0.225 e. The highest BCUT2D eigenvalue weighted by Gasteiger charge is 2.33. The highest BCUT2D eigenvalue weighted by atomic mass is 16.2. The third-order valence-electron chi connectivity index (χ3n) is 5.45. The molecule has 0 aromatic heterocycles. The summed E-state index contributed by atoms with van der Waals surface area (Å²) < 4.78 is 0. The van der Waals surface area contributed by atoms with Gasteiger partial charge >= 0.3 is 0 Å². The van der Waals surface area contributed by atoms with E-state index in [2.05, 4.69) is 19.2 Å². The fourth-order valence-corrected chi connectivity index (χ4v) is 3.68. The maximum Gasteiger partial charge on any atom is 0.225 e. The Balaban J connectivity index is 2.02. The molecule has 4 heteroatoms. The number of nitrogens with one attached hydrogen (secondary N) is 1. The van der Waals surface area contributed by atoms with Gasteiger partial charge in [-0.2, -0.15) is 0 Å². The fourth-order valence-electron chi connectivity index (χ4n) is 3.68. The summed E-state index contributed by atoms with van der Waals surface area (Å²) >= 11 is 0.